The Morgan fingerprint density at radius 2 is 2.11 bits per heavy atom. The van der Waals surface area contributed by atoms with Crippen molar-refractivity contribution < 1.29 is 4.39 Å². The third-order valence-corrected chi connectivity index (χ3v) is 5.86. The van der Waals surface area contributed by atoms with Gasteiger partial charge in [0.1, 0.15) is 17.5 Å². The Hall–Kier alpha value is -2.40. The van der Waals surface area contributed by atoms with Crippen LogP contribution in [-0.4, -0.2) is 60.3 Å². The number of amidine groups is 1. The molecule has 0 saturated carbocycles. The van der Waals surface area contributed by atoms with E-state index in [0.29, 0.717) is 11.6 Å². The highest BCUT2D eigenvalue weighted by atomic mass is 19.1. The maximum absolute atomic E-state index is 14.7. The van der Waals surface area contributed by atoms with Gasteiger partial charge in [0.2, 0.25) is 0 Å². The van der Waals surface area contributed by atoms with Crippen molar-refractivity contribution in [2.24, 2.45) is 4.99 Å². The van der Waals surface area contributed by atoms with E-state index in [2.05, 4.69) is 23.4 Å². The number of aryl methyl sites for hydroxylation is 1. The molecule has 0 amide bonds. The fourth-order valence-corrected chi connectivity index (χ4v) is 4.20. The monoisotopic (exact) mass is 366 g/mol. The molecule has 3 aliphatic heterocycles. The first-order valence-electron chi connectivity index (χ1n) is 9.67. The van der Waals surface area contributed by atoms with Crippen molar-refractivity contribution in [3.63, 3.8) is 0 Å². The van der Waals surface area contributed by atoms with Crippen LogP contribution in [0, 0.1) is 5.82 Å². The van der Waals surface area contributed by atoms with E-state index in [0.717, 1.165) is 61.7 Å². The highest BCUT2D eigenvalue weighted by Crippen LogP contribution is 2.29. The molecule has 142 valence electrons. The number of hydrogen-bond acceptors (Lipinski definition) is 4. The molecule has 0 N–H and O–H groups in total. The Balaban J connectivity index is 1.86. The molecular weight excluding hydrogens is 339 g/mol. The minimum atomic E-state index is -0.231. The zero-order chi connectivity index (χ0) is 19.0. The third kappa shape index (κ3) is 3.44. The summed E-state index contributed by atoms with van der Waals surface area (Å²) in [5.41, 5.74) is 2.47. The van der Waals surface area contributed by atoms with Gasteiger partial charge in [-0.05, 0) is 49.6 Å². The Morgan fingerprint density at radius 1 is 1.26 bits per heavy atom. The van der Waals surface area contributed by atoms with Crippen LogP contribution in [0.5, 0.6) is 0 Å². The Morgan fingerprint density at radius 3 is 2.93 bits per heavy atom. The van der Waals surface area contributed by atoms with Gasteiger partial charge in [0.25, 0.3) is 0 Å². The Labute approximate surface area is 161 Å². The first-order valence-corrected chi connectivity index (χ1v) is 9.67. The summed E-state index contributed by atoms with van der Waals surface area (Å²) >= 11 is 0. The number of hydrogen-bond donors (Lipinski definition) is 0. The number of likely N-dealkylation sites (N-methyl/N-ethyl adjacent to an activating group) is 1. The standard InChI is InChI=1S/C22H27FN4/c1-4-18-19-14-16(7-8-20(19)23)6-5-11-27-13-9-17(15-27)26(3)21-10-12-25(2)22(18)24-21/h4,7-8,10,12,14,17H,1,5-6,9,11,13,15H2,2-3H3/b22-18+. The predicted molar refractivity (Wildman–Crippen MR) is 109 cm³/mol. The SMILES string of the molecule is C=C/C1=C2/N=C(C=CN2C)N(C)C2CCN(CCCc3ccc(F)c1c3)C2. The van der Waals surface area contributed by atoms with Gasteiger partial charge >= 0.3 is 0 Å². The average molecular weight is 366 g/mol. The van der Waals surface area contributed by atoms with Crippen molar-refractivity contribution in [2.75, 3.05) is 33.7 Å². The summed E-state index contributed by atoms with van der Waals surface area (Å²) in [6, 6.07) is 5.89. The molecule has 27 heavy (non-hydrogen) atoms. The largest absolute Gasteiger partial charge is 0.355 e. The van der Waals surface area contributed by atoms with Gasteiger partial charge in [0.05, 0.1) is 0 Å². The van der Waals surface area contributed by atoms with Crippen molar-refractivity contribution in [2.45, 2.75) is 25.3 Å². The lowest BCUT2D eigenvalue weighted by Crippen LogP contribution is -2.39. The van der Waals surface area contributed by atoms with E-state index >= 15 is 0 Å². The molecule has 3 heterocycles. The summed E-state index contributed by atoms with van der Waals surface area (Å²) < 4.78 is 14.7. The number of nitrogens with zero attached hydrogens (tertiary/aromatic N) is 4. The number of aliphatic imine (C=N–C) groups is 1. The summed E-state index contributed by atoms with van der Waals surface area (Å²) in [7, 11) is 4.05. The van der Waals surface area contributed by atoms with Gasteiger partial charge in [-0.25, -0.2) is 9.38 Å². The number of fused-ring (bicyclic) bond motifs is 5. The van der Waals surface area contributed by atoms with Crippen molar-refractivity contribution in [3.8, 4) is 0 Å². The summed E-state index contributed by atoms with van der Waals surface area (Å²) in [6.45, 7) is 7.23. The lowest BCUT2D eigenvalue weighted by Gasteiger charge is -2.31. The molecule has 4 rings (SSSR count). The van der Waals surface area contributed by atoms with Gasteiger partial charge in [-0.3, -0.25) is 0 Å². The van der Waals surface area contributed by atoms with Gasteiger partial charge in [-0.1, -0.05) is 18.7 Å². The van der Waals surface area contributed by atoms with Crippen molar-refractivity contribution >= 4 is 11.4 Å². The van der Waals surface area contributed by atoms with Crippen LogP contribution < -0.4 is 0 Å². The molecule has 0 spiro atoms. The molecule has 4 nitrogen and oxygen atoms in total. The number of halogens is 1. The van der Waals surface area contributed by atoms with E-state index in [1.54, 1.807) is 12.1 Å². The third-order valence-electron chi connectivity index (χ3n) is 5.86. The topological polar surface area (TPSA) is 22.1 Å². The predicted octanol–water partition coefficient (Wildman–Crippen LogP) is 3.49. The van der Waals surface area contributed by atoms with E-state index in [1.807, 2.05) is 36.4 Å². The van der Waals surface area contributed by atoms with E-state index in [1.165, 1.54) is 0 Å². The van der Waals surface area contributed by atoms with Gasteiger partial charge in [-0.2, -0.15) is 0 Å². The zero-order valence-electron chi connectivity index (χ0n) is 16.2. The molecule has 0 aromatic heterocycles. The van der Waals surface area contributed by atoms with Crippen molar-refractivity contribution in [1.29, 1.82) is 0 Å². The van der Waals surface area contributed by atoms with Crippen LogP contribution in [-0.2, 0) is 6.42 Å². The van der Waals surface area contributed by atoms with Crippen molar-refractivity contribution in [3.05, 3.63) is 65.9 Å². The zero-order valence-corrected chi connectivity index (χ0v) is 16.2. The minimum Gasteiger partial charge on any atom is -0.355 e. The number of benzene rings is 1. The minimum absolute atomic E-state index is 0.231. The van der Waals surface area contributed by atoms with Crippen LogP contribution in [0.4, 0.5) is 4.39 Å². The number of rotatable bonds is 1. The van der Waals surface area contributed by atoms with E-state index in [-0.39, 0.29) is 5.82 Å². The van der Waals surface area contributed by atoms with Crippen LogP contribution in [0.15, 0.2) is 53.9 Å². The quantitative estimate of drug-likeness (QED) is 0.760. The fourth-order valence-electron chi connectivity index (χ4n) is 4.20. The molecule has 1 aromatic rings. The van der Waals surface area contributed by atoms with Crippen LogP contribution in [0.25, 0.3) is 5.57 Å². The fraction of sp³-hybridized carbons (Fsp3) is 0.409. The molecule has 1 aromatic carbocycles. The Bertz CT molecular complexity index is 839. The molecule has 1 fully saturated rings. The number of allylic oxidation sites excluding steroid dienone is 2. The smallest absolute Gasteiger partial charge is 0.142 e. The molecule has 0 aliphatic carbocycles. The van der Waals surface area contributed by atoms with Gasteiger partial charge in [-0.15, -0.1) is 0 Å². The van der Waals surface area contributed by atoms with Gasteiger partial charge in [0, 0.05) is 50.6 Å². The highest BCUT2D eigenvalue weighted by molar-refractivity contribution is 5.95. The maximum Gasteiger partial charge on any atom is 0.142 e. The Kier molecular flexibility index (Phi) is 4.87. The summed E-state index contributed by atoms with van der Waals surface area (Å²) in [4.78, 5) is 11.6. The molecular formula is C22H27FN4. The second-order valence-corrected chi connectivity index (χ2v) is 7.61. The van der Waals surface area contributed by atoms with Gasteiger partial charge in [0.15, 0.2) is 0 Å². The summed E-state index contributed by atoms with van der Waals surface area (Å²) in [5, 5.41) is 0. The van der Waals surface area contributed by atoms with E-state index in [9.17, 15) is 4.39 Å². The second-order valence-electron chi connectivity index (χ2n) is 7.61. The first-order chi connectivity index (χ1) is 13.1. The average Bonchev–Trinajstić information content (AvgIpc) is 3.13. The van der Waals surface area contributed by atoms with Crippen LogP contribution in [0.2, 0.25) is 0 Å². The molecule has 0 radical (unpaired) electrons. The highest BCUT2D eigenvalue weighted by Gasteiger charge is 2.28. The van der Waals surface area contributed by atoms with Crippen LogP contribution in [0.1, 0.15) is 24.0 Å². The molecule has 6 bridgehead atoms. The summed E-state index contributed by atoms with van der Waals surface area (Å²) in [6.07, 6.45) is 8.94. The molecule has 5 heteroatoms. The van der Waals surface area contributed by atoms with E-state index in [4.69, 9.17) is 4.99 Å². The molecule has 2 unspecified atom stereocenters. The second kappa shape index (κ2) is 7.31. The van der Waals surface area contributed by atoms with Gasteiger partial charge < -0.3 is 14.7 Å². The first kappa shape index (κ1) is 18.0. The molecule has 3 aliphatic rings. The normalized spacial score (nSPS) is 28.0. The van der Waals surface area contributed by atoms with E-state index < -0.39 is 0 Å². The lowest BCUT2D eigenvalue weighted by molar-refractivity contribution is 0.298. The van der Waals surface area contributed by atoms with Crippen LogP contribution in [0.3, 0.4) is 0 Å². The van der Waals surface area contributed by atoms with Crippen LogP contribution >= 0.6 is 0 Å². The molecule has 1 saturated heterocycles. The van der Waals surface area contributed by atoms with Crippen molar-refractivity contribution in [1.82, 2.24) is 14.7 Å². The maximum atomic E-state index is 14.7. The summed E-state index contributed by atoms with van der Waals surface area (Å²) in [5.74, 6) is 1.42. The molecule has 2 atom stereocenters. The lowest BCUT2D eigenvalue weighted by atomic mass is 9.99.